The van der Waals surface area contributed by atoms with Gasteiger partial charge >= 0.3 is 0 Å². The number of nitrogens with one attached hydrogen (secondary N) is 1. The zero-order valence-corrected chi connectivity index (χ0v) is 16.3. The van der Waals surface area contributed by atoms with Gasteiger partial charge in [-0.05, 0) is 31.0 Å². The summed E-state index contributed by atoms with van der Waals surface area (Å²) in [6.07, 6.45) is 5.55. The van der Waals surface area contributed by atoms with Gasteiger partial charge in [0.15, 0.2) is 0 Å². The van der Waals surface area contributed by atoms with Gasteiger partial charge in [0, 0.05) is 50.2 Å². The summed E-state index contributed by atoms with van der Waals surface area (Å²) >= 11 is 1.65. The molecule has 0 unspecified atom stereocenters. The molecule has 0 spiro atoms. The number of aromatic nitrogens is 2. The highest BCUT2D eigenvalue weighted by atomic mass is 32.1. The summed E-state index contributed by atoms with van der Waals surface area (Å²) < 4.78 is 6.42. The SMILES string of the molecule is COc1ccc2sc(-c3cnccc3NC3CCN(C(C)=O)CC3)nc2c1. The highest BCUT2D eigenvalue weighted by Crippen LogP contribution is 2.35. The summed E-state index contributed by atoms with van der Waals surface area (Å²) in [7, 11) is 1.66. The maximum absolute atomic E-state index is 11.5. The van der Waals surface area contributed by atoms with E-state index in [1.807, 2.05) is 35.4 Å². The summed E-state index contributed by atoms with van der Waals surface area (Å²) in [6.45, 7) is 3.24. The lowest BCUT2D eigenvalue weighted by atomic mass is 10.0. The van der Waals surface area contributed by atoms with Crippen LogP contribution in [0.5, 0.6) is 5.75 Å². The van der Waals surface area contributed by atoms with E-state index >= 15 is 0 Å². The Morgan fingerprint density at radius 3 is 2.85 bits per heavy atom. The summed E-state index contributed by atoms with van der Waals surface area (Å²) in [5.41, 5.74) is 2.97. The van der Waals surface area contributed by atoms with Crippen LogP contribution < -0.4 is 10.1 Å². The Morgan fingerprint density at radius 1 is 1.30 bits per heavy atom. The van der Waals surface area contributed by atoms with Crippen molar-refractivity contribution in [3.05, 3.63) is 36.7 Å². The number of hydrogen-bond acceptors (Lipinski definition) is 6. The average molecular weight is 382 g/mol. The fraction of sp³-hybridized carbons (Fsp3) is 0.350. The molecule has 1 fully saturated rings. The first-order valence-electron chi connectivity index (χ1n) is 9.05. The zero-order valence-electron chi connectivity index (χ0n) is 15.4. The summed E-state index contributed by atoms with van der Waals surface area (Å²) in [4.78, 5) is 22.5. The molecule has 1 saturated heterocycles. The van der Waals surface area contributed by atoms with Gasteiger partial charge in [-0.15, -0.1) is 11.3 Å². The second-order valence-electron chi connectivity index (χ2n) is 6.70. The Kier molecular flexibility index (Phi) is 4.94. The van der Waals surface area contributed by atoms with E-state index in [0.717, 1.165) is 58.2 Å². The predicted octanol–water partition coefficient (Wildman–Crippen LogP) is 3.79. The molecule has 1 amide bonds. The van der Waals surface area contributed by atoms with Gasteiger partial charge in [0.1, 0.15) is 10.8 Å². The minimum Gasteiger partial charge on any atom is -0.497 e. The Balaban J connectivity index is 1.57. The number of ether oxygens (including phenoxy) is 1. The monoisotopic (exact) mass is 382 g/mol. The van der Waals surface area contributed by atoms with Crippen LogP contribution in [0, 0.1) is 0 Å². The van der Waals surface area contributed by atoms with E-state index in [1.165, 1.54) is 0 Å². The molecule has 140 valence electrons. The van der Waals surface area contributed by atoms with Gasteiger partial charge in [0.25, 0.3) is 0 Å². The van der Waals surface area contributed by atoms with E-state index < -0.39 is 0 Å². The van der Waals surface area contributed by atoms with Crippen LogP contribution in [-0.4, -0.2) is 47.0 Å². The Morgan fingerprint density at radius 2 is 2.11 bits per heavy atom. The van der Waals surface area contributed by atoms with Crippen molar-refractivity contribution >= 4 is 33.1 Å². The summed E-state index contributed by atoms with van der Waals surface area (Å²) in [6, 6.07) is 8.29. The molecule has 2 aromatic heterocycles. The molecule has 7 heteroatoms. The van der Waals surface area contributed by atoms with Crippen LogP contribution in [0.25, 0.3) is 20.8 Å². The summed E-state index contributed by atoms with van der Waals surface area (Å²) in [5.74, 6) is 0.962. The second-order valence-corrected chi connectivity index (χ2v) is 7.73. The maximum Gasteiger partial charge on any atom is 0.219 e. The number of rotatable bonds is 4. The number of pyridine rings is 1. The lowest BCUT2D eigenvalue weighted by Crippen LogP contribution is -2.41. The molecule has 27 heavy (non-hydrogen) atoms. The molecule has 3 aromatic rings. The lowest BCUT2D eigenvalue weighted by molar-refractivity contribution is -0.129. The molecule has 3 heterocycles. The predicted molar refractivity (Wildman–Crippen MR) is 108 cm³/mol. The van der Waals surface area contributed by atoms with Crippen molar-refractivity contribution in [1.29, 1.82) is 0 Å². The number of carbonyl (C=O) groups is 1. The van der Waals surface area contributed by atoms with Crippen LogP contribution in [0.2, 0.25) is 0 Å². The van der Waals surface area contributed by atoms with Crippen LogP contribution >= 0.6 is 11.3 Å². The van der Waals surface area contributed by atoms with Gasteiger partial charge in [-0.25, -0.2) is 4.98 Å². The molecule has 0 aliphatic carbocycles. The molecular formula is C20H22N4O2S. The Labute approximate surface area is 162 Å². The Bertz CT molecular complexity index is 964. The van der Waals surface area contributed by atoms with Gasteiger partial charge in [-0.2, -0.15) is 0 Å². The van der Waals surface area contributed by atoms with Crippen LogP contribution in [0.1, 0.15) is 19.8 Å². The number of likely N-dealkylation sites (tertiary alicyclic amines) is 1. The minimum absolute atomic E-state index is 0.156. The number of amides is 1. The number of anilines is 1. The number of piperidine rings is 1. The molecule has 0 atom stereocenters. The van der Waals surface area contributed by atoms with Crippen LogP contribution in [0.3, 0.4) is 0 Å². The van der Waals surface area contributed by atoms with E-state index in [-0.39, 0.29) is 5.91 Å². The molecule has 1 aromatic carbocycles. The normalized spacial score (nSPS) is 15.1. The highest BCUT2D eigenvalue weighted by molar-refractivity contribution is 7.21. The third kappa shape index (κ3) is 3.73. The van der Waals surface area contributed by atoms with E-state index in [1.54, 1.807) is 31.6 Å². The molecule has 0 saturated carbocycles. The fourth-order valence-corrected chi connectivity index (χ4v) is 4.37. The number of carbonyl (C=O) groups excluding carboxylic acids is 1. The van der Waals surface area contributed by atoms with Crippen molar-refractivity contribution in [2.75, 3.05) is 25.5 Å². The van der Waals surface area contributed by atoms with E-state index in [0.29, 0.717) is 6.04 Å². The Hall–Kier alpha value is -2.67. The minimum atomic E-state index is 0.156. The molecule has 0 radical (unpaired) electrons. The summed E-state index contributed by atoms with van der Waals surface area (Å²) in [5, 5.41) is 4.58. The quantitative estimate of drug-likeness (QED) is 0.744. The van der Waals surface area contributed by atoms with Crippen molar-refractivity contribution in [3.8, 4) is 16.3 Å². The number of fused-ring (bicyclic) bond motifs is 1. The number of methoxy groups -OCH3 is 1. The number of hydrogen-bond donors (Lipinski definition) is 1. The van der Waals surface area contributed by atoms with Crippen molar-refractivity contribution in [1.82, 2.24) is 14.9 Å². The largest absolute Gasteiger partial charge is 0.497 e. The zero-order chi connectivity index (χ0) is 18.8. The van der Waals surface area contributed by atoms with Crippen molar-refractivity contribution in [3.63, 3.8) is 0 Å². The third-order valence-corrected chi connectivity index (χ3v) is 6.02. The van der Waals surface area contributed by atoms with Gasteiger partial charge in [0.05, 0.1) is 22.9 Å². The first-order chi connectivity index (χ1) is 13.1. The number of thiazole rings is 1. The van der Waals surface area contributed by atoms with Crippen molar-refractivity contribution in [2.24, 2.45) is 0 Å². The average Bonchev–Trinajstić information content (AvgIpc) is 3.11. The fourth-order valence-electron chi connectivity index (χ4n) is 3.40. The van der Waals surface area contributed by atoms with Gasteiger partial charge in [0.2, 0.25) is 5.91 Å². The van der Waals surface area contributed by atoms with Gasteiger partial charge in [-0.3, -0.25) is 9.78 Å². The third-order valence-electron chi connectivity index (χ3n) is 4.95. The van der Waals surface area contributed by atoms with E-state index in [4.69, 9.17) is 9.72 Å². The molecular weight excluding hydrogens is 360 g/mol. The molecule has 1 aliphatic rings. The maximum atomic E-state index is 11.5. The first-order valence-corrected chi connectivity index (χ1v) is 9.86. The lowest BCUT2D eigenvalue weighted by Gasteiger charge is -2.32. The molecule has 4 rings (SSSR count). The standard InChI is InChI=1S/C20H22N4O2S/c1-13(25)24-9-6-14(7-10-24)22-17-5-8-21-12-16(17)20-23-18-11-15(26-2)3-4-19(18)27-20/h3-5,8,11-12,14H,6-7,9-10H2,1-2H3,(H,21,22). The van der Waals surface area contributed by atoms with Crippen molar-refractivity contribution < 1.29 is 9.53 Å². The van der Waals surface area contributed by atoms with Crippen molar-refractivity contribution in [2.45, 2.75) is 25.8 Å². The second kappa shape index (κ2) is 7.52. The highest BCUT2D eigenvalue weighted by Gasteiger charge is 2.22. The number of benzene rings is 1. The van der Waals surface area contributed by atoms with Gasteiger partial charge in [-0.1, -0.05) is 0 Å². The smallest absolute Gasteiger partial charge is 0.219 e. The van der Waals surface area contributed by atoms with Crippen LogP contribution in [0.4, 0.5) is 5.69 Å². The molecule has 6 nitrogen and oxygen atoms in total. The number of nitrogens with zero attached hydrogens (tertiary/aromatic N) is 3. The van der Waals surface area contributed by atoms with Crippen LogP contribution in [-0.2, 0) is 4.79 Å². The molecule has 1 N–H and O–H groups in total. The first kappa shape index (κ1) is 17.7. The molecule has 1 aliphatic heterocycles. The van der Waals surface area contributed by atoms with Crippen LogP contribution in [0.15, 0.2) is 36.7 Å². The van der Waals surface area contributed by atoms with Gasteiger partial charge < -0.3 is 15.0 Å². The molecule has 0 bridgehead atoms. The van der Waals surface area contributed by atoms with E-state index in [2.05, 4.69) is 10.3 Å². The van der Waals surface area contributed by atoms with E-state index in [9.17, 15) is 4.79 Å². The topological polar surface area (TPSA) is 67.3 Å².